The highest BCUT2D eigenvalue weighted by Gasteiger charge is 2.11. The summed E-state index contributed by atoms with van der Waals surface area (Å²) in [6.07, 6.45) is 5.38. The summed E-state index contributed by atoms with van der Waals surface area (Å²) in [7, 11) is 0. The Morgan fingerprint density at radius 1 is 1.26 bits per heavy atom. The Morgan fingerprint density at radius 3 is 2.74 bits per heavy atom. The fourth-order valence-corrected chi connectivity index (χ4v) is 2.69. The van der Waals surface area contributed by atoms with Crippen LogP contribution in [0.2, 0.25) is 0 Å². The van der Waals surface area contributed by atoms with Crippen LogP contribution in [-0.4, -0.2) is 6.61 Å². The first kappa shape index (κ1) is 17.3. The Bertz CT molecular complexity index is 740. The van der Waals surface area contributed by atoms with Crippen molar-refractivity contribution in [1.82, 2.24) is 0 Å². The minimum Gasteiger partial charge on any atom is -0.489 e. The summed E-state index contributed by atoms with van der Waals surface area (Å²) in [5.74, 6) is 0.693. The van der Waals surface area contributed by atoms with Gasteiger partial charge in [0.2, 0.25) is 0 Å². The molecule has 1 heterocycles. The Kier molecular flexibility index (Phi) is 6.03. The number of rotatable bonds is 8. The van der Waals surface area contributed by atoms with Crippen LogP contribution in [0.4, 0.5) is 0 Å². The van der Waals surface area contributed by atoms with E-state index in [2.05, 4.69) is 13.5 Å². The zero-order valence-electron chi connectivity index (χ0n) is 14.4. The number of aryl methyl sites for hydroxylation is 1. The molecule has 0 amide bonds. The van der Waals surface area contributed by atoms with Crippen molar-refractivity contribution >= 4 is 11.0 Å². The molecule has 2 rings (SSSR count). The monoisotopic (exact) mass is 314 g/mol. The zero-order valence-corrected chi connectivity index (χ0v) is 14.4. The molecule has 0 fully saturated rings. The highest BCUT2D eigenvalue weighted by molar-refractivity contribution is 5.82. The van der Waals surface area contributed by atoms with Gasteiger partial charge in [-0.2, -0.15) is 0 Å². The maximum Gasteiger partial charge on any atom is 0.339 e. The molecule has 0 N–H and O–H groups in total. The summed E-state index contributed by atoms with van der Waals surface area (Å²) in [6, 6.07) is 5.67. The summed E-state index contributed by atoms with van der Waals surface area (Å²) in [6.45, 7) is 10.4. The molecule has 3 heteroatoms. The molecule has 0 aliphatic heterocycles. The van der Waals surface area contributed by atoms with Crippen molar-refractivity contribution in [1.29, 1.82) is 0 Å². The van der Waals surface area contributed by atoms with Gasteiger partial charge in [0.15, 0.2) is 0 Å². The van der Waals surface area contributed by atoms with Crippen molar-refractivity contribution in [2.75, 3.05) is 6.61 Å². The predicted octanol–water partition coefficient (Wildman–Crippen LogP) is 5.18. The van der Waals surface area contributed by atoms with E-state index in [-0.39, 0.29) is 5.63 Å². The van der Waals surface area contributed by atoms with E-state index in [9.17, 15) is 4.79 Å². The van der Waals surface area contributed by atoms with E-state index in [1.165, 1.54) is 12.8 Å². The smallest absolute Gasteiger partial charge is 0.339 e. The van der Waals surface area contributed by atoms with Gasteiger partial charge in [0.25, 0.3) is 0 Å². The second-order valence-corrected chi connectivity index (χ2v) is 6.21. The van der Waals surface area contributed by atoms with E-state index in [4.69, 9.17) is 9.15 Å². The lowest BCUT2D eigenvalue weighted by atomic mass is 10.0. The highest BCUT2D eigenvalue weighted by atomic mass is 16.5. The van der Waals surface area contributed by atoms with Crippen molar-refractivity contribution in [3.8, 4) is 5.75 Å². The first-order chi connectivity index (χ1) is 11.0. The van der Waals surface area contributed by atoms with Crippen LogP contribution in [0.5, 0.6) is 5.75 Å². The number of fused-ring (bicyclic) bond motifs is 1. The molecule has 124 valence electrons. The van der Waals surface area contributed by atoms with Gasteiger partial charge in [-0.3, -0.25) is 0 Å². The average molecular weight is 314 g/mol. The quantitative estimate of drug-likeness (QED) is 0.383. The molecule has 1 aromatic carbocycles. The van der Waals surface area contributed by atoms with Crippen LogP contribution in [-0.2, 0) is 6.42 Å². The lowest BCUT2D eigenvalue weighted by Gasteiger charge is -2.10. The average Bonchev–Trinajstić information content (AvgIpc) is 2.51. The Labute approximate surface area is 138 Å². The van der Waals surface area contributed by atoms with E-state index >= 15 is 0 Å². The van der Waals surface area contributed by atoms with Crippen LogP contribution in [0.25, 0.3) is 11.0 Å². The summed E-state index contributed by atoms with van der Waals surface area (Å²) in [5.41, 5.74) is 3.15. The number of hydrogen-bond acceptors (Lipinski definition) is 3. The minimum atomic E-state index is -0.219. The number of hydrogen-bond donors (Lipinski definition) is 0. The maximum atomic E-state index is 12.3. The molecule has 2 aromatic rings. The molecule has 0 aliphatic rings. The summed E-state index contributed by atoms with van der Waals surface area (Å²) < 4.78 is 11.1. The van der Waals surface area contributed by atoms with E-state index in [1.54, 1.807) is 6.07 Å². The van der Waals surface area contributed by atoms with Gasteiger partial charge in [0.05, 0.1) is 0 Å². The fraction of sp³-hybridized carbons (Fsp3) is 0.450. The second kappa shape index (κ2) is 8.00. The van der Waals surface area contributed by atoms with Gasteiger partial charge in [-0.05, 0) is 50.0 Å². The standard InChI is InChI=1S/C20H26O3/c1-5-6-7-8-9-18-15(4)17-11-10-16(22-13-14(2)3)12-19(17)23-20(18)21/h10-12H,2,5-9,13H2,1,3-4H3. The Hall–Kier alpha value is -2.03. The van der Waals surface area contributed by atoms with Gasteiger partial charge in [0, 0.05) is 17.0 Å². The van der Waals surface area contributed by atoms with E-state index < -0.39 is 0 Å². The van der Waals surface area contributed by atoms with Crippen molar-refractivity contribution in [3.63, 3.8) is 0 Å². The molecule has 0 atom stereocenters. The second-order valence-electron chi connectivity index (χ2n) is 6.21. The number of benzene rings is 1. The van der Waals surface area contributed by atoms with Crippen molar-refractivity contribution < 1.29 is 9.15 Å². The van der Waals surface area contributed by atoms with Gasteiger partial charge >= 0.3 is 5.63 Å². The van der Waals surface area contributed by atoms with Crippen LogP contribution >= 0.6 is 0 Å². The van der Waals surface area contributed by atoms with Gasteiger partial charge in [-0.25, -0.2) is 4.79 Å². The van der Waals surface area contributed by atoms with Crippen molar-refractivity contribution in [2.45, 2.75) is 52.9 Å². The maximum absolute atomic E-state index is 12.3. The minimum absolute atomic E-state index is 0.219. The van der Waals surface area contributed by atoms with Crippen LogP contribution in [0.1, 0.15) is 50.7 Å². The largest absolute Gasteiger partial charge is 0.489 e. The first-order valence-corrected chi connectivity index (χ1v) is 8.36. The lowest BCUT2D eigenvalue weighted by Crippen LogP contribution is -2.10. The third-order valence-corrected chi connectivity index (χ3v) is 4.02. The third-order valence-electron chi connectivity index (χ3n) is 4.02. The van der Waals surface area contributed by atoms with Crippen molar-refractivity contribution in [2.24, 2.45) is 0 Å². The molecule has 0 aliphatic carbocycles. The molecular weight excluding hydrogens is 288 g/mol. The normalized spacial score (nSPS) is 10.9. The molecule has 0 saturated heterocycles. The van der Waals surface area contributed by atoms with Gasteiger partial charge < -0.3 is 9.15 Å². The van der Waals surface area contributed by atoms with Gasteiger partial charge in [-0.15, -0.1) is 0 Å². The molecule has 3 nitrogen and oxygen atoms in total. The van der Waals surface area contributed by atoms with E-state index in [0.29, 0.717) is 17.9 Å². The van der Waals surface area contributed by atoms with Crippen LogP contribution < -0.4 is 10.4 Å². The van der Waals surface area contributed by atoms with Gasteiger partial charge in [0.1, 0.15) is 17.9 Å². The topological polar surface area (TPSA) is 39.4 Å². The van der Waals surface area contributed by atoms with Crippen LogP contribution in [0.15, 0.2) is 39.6 Å². The molecule has 0 radical (unpaired) electrons. The summed E-state index contributed by atoms with van der Waals surface area (Å²) in [4.78, 5) is 12.3. The van der Waals surface area contributed by atoms with E-state index in [0.717, 1.165) is 41.3 Å². The third kappa shape index (κ3) is 4.47. The number of ether oxygens (including phenoxy) is 1. The Balaban J connectivity index is 2.26. The molecule has 0 saturated carbocycles. The fourth-order valence-electron chi connectivity index (χ4n) is 2.69. The lowest BCUT2D eigenvalue weighted by molar-refractivity contribution is 0.352. The number of unbranched alkanes of at least 4 members (excludes halogenated alkanes) is 3. The zero-order chi connectivity index (χ0) is 16.8. The van der Waals surface area contributed by atoms with Crippen molar-refractivity contribution in [3.05, 3.63) is 51.9 Å². The first-order valence-electron chi connectivity index (χ1n) is 8.36. The van der Waals surface area contributed by atoms with Crippen LogP contribution in [0.3, 0.4) is 0 Å². The van der Waals surface area contributed by atoms with Gasteiger partial charge in [-0.1, -0.05) is 32.8 Å². The highest BCUT2D eigenvalue weighted by Crippen LogP contribution is 2.25. The molecular formula is C20H26O3. The molecule has 0 bridgehead atoms. The SMILES string of the molecule is C=C(C)COc1ccc2c(C)c(CCCCCC)c(=O)oc2c1. The Morgan fingerprint density at radius 2 is 2.04 bits per heavy atom. The molecule has 1 aromatic heterocycles. The van der Waals surface area contributed by atoms with Crippen LogP contribution in [0, 0.1) is 6.92 Å². The molecule has 0 unspecified atom stereocenters. The predicted molar refractivity (Wildman–Crippen MR) is 95.4 cm³/mol. The summed E-state index contributed by atoms with van der Waals surface area (Å²) in [5, 5.41) is 0.984. The molecule has 23 heavy (non-hydrogen) atoms. The summed E-state index contributed by atoms with van der Waals surface area (Å²) >= 11 is 0. The van der Waals surface area contributed by atoms with E-state index in [1.807, 2.05) is 26.0 Å². The molecule has 0 spiro atoms.